The summed E-state index contributed by atoms with van der Waals surface area (Å²) in [6.45, 7) is 20.4. The Morgan fingerprint density at radius 2 is 1.61 bits per heavy atom. The number of carbonyl (C=O) groups is 3. The van der Waals surface area contributed by atoms with Crippen LogP contribution >= 0.6 is 0 Å². The van der Waals surface area contributed by atoms with Crippen LogP contribution in [0.1, 0.15) is 91.5 Å². The fourth-order valence-electron chi connectivity index (χ4n) is 3.48. The third-order valence-corrected chi connectivity index (χ3v) is 5.18. The molecule has 1 aromatic rings. The molecule has 3 unspecified atom stereocenters. The predicted molar refractivity (Wildman–Crippen MR) is 132 cm³/mol. The lowest BCUT2D eigenvalue weighted by atomic mass is 9.94. The first-order valence-electron chi connectivity index (χ1n) is 11.7. The fourth-order valence-corrected chi connectivity index (χ4v) is 3.48. The van der Waals surface area contributed by atoms with Crippen molar-refractivity contribution in [1.82, 2.24) is 15.5 Å². The SMILES string of the molecule is CCC(C)N(C(=O)C(C)NC(=O)OC(C)(C)C)C(C(=O)NC(C)(C)C)c1cc(C)ccc1C. The van der Waals surface area contributed by atoms with E-state index in [9.17, 15) is 14.4 Å². The van der Waals surface area contributed by atoms with Crippen LogP contribution in [0.2, 0.25) is 0 Å². The van der Waals surface area contributed by atoms with Crippen molar-refractivity contribution < 1.29 is 19.1 Å². The standard InChI is InChI=1S/C26H43N3O4/c1-12-18(4)29(23(31)19(5)27-24(32)33-26(9,10)11)21(22(30)28-25(6,7)8)20-15-16(2)13-14-17(20)3/h13-15,18-19,21H,12H2,1-11H3,(H,27,32)(H,28,30). The lowest BCUT2D eigenvalue weighted by Crippen LogP contribution is -2.56. The third-order valence-electron chi connectivity index (χ3n) is 5.18. The van der Waals surface area contributed by atoms with Crippen LogP contribution in [0, 0.1) is 13.8 Å². The average Bonchev–Trinajstić information content (AvgIpc) is 2.63. The Balaban J connectivity index is 3.48. The molecule has 3 atom stereocenters. The van der Waals surface area contributed by atoms with Crippen molar-refractivity contribution >= 4 is 17.9 Å². The highest BCUT2D eigenvalue weighted by molar-refractivity contribution is 5.92. The molecule has 0 aromatic heterocycles. The highest BCUT2D eigenvalue weighted by atomic mass is 16.6. The molecule has 0 heterocycles. The van der Waals surface area contributed by atoms with Gasteiger partial charge in [-0.3, -0.25) is 9.59 Å². The average molecular weight is 462 g/mol. The van der Waals surface area contributed by atoms with Crippen LogP contribution in [0.25, 0.3) is 0 Å². The van der Waals surface area contributed by atoms with Crippen LogP contribution in [0.15, 0.2) is 18.2 Å². The Morgan fingerprint density at radius 3 is 2.09 bits per heavy atom. The lowest BCUT2D eigenvalue weighted by molar-refractivity contribution is -0.145. The van der Waals surface area contributed by atoms with Gasteiger partial charge in [-0.15, -0.1) is 0 Å². The third kappa shape index (κ3) is 8.71. The number of benzene rings is 1. The molecule has 7 heteroatoms. The molecular formula is C26H43N3O4. The molecule has 0 aliphatic rings. The molecule has 0 saturated carbocycles. The van der Waals surface area contributed by atoms with E-state index in [0.29, 0.717) is 6.42 Å². The predicted octanol–water partition coefficient (Wildman–Crippen LogP) is 4.80. The molecule has 0 spiro atoms. The van der Waals surface area contributed by atoms with Crippen molar-refractivity contribution in [3.8, 4) is 0 Å². The van der Waals surface area contributed by atoms with E-state index in [-0.39, 0.29) is 17.9 Å². The quantitative estimate of drug-likeness (QED) is 0.611. The summed E-state index contributed by atoms with van der Waals surface area (Å²) in [5, 5.41) is 5.68. The fraction of sp³-hybridized carbons (Fsp3) is 0.654. The van der Waals surface area contributed by atoms with Gasteiger partial charge in [-0.2, -0.15) is 0 Å². The van der Waals surface area contributed by atoms with Crippen molar-refractivity contribution in [2.24, 2.45) is 0 Å². The van der Waals surface area contributed by atoms with E-state index in [1.807, 2.05) is 66.7 Å². The van der Waals surface area contributed by atoms with E-state index in [2.05, 4.69) is 10.6 Å². The maximum Gasteiger partial charge on any atom is 0.408 e. The van der Waals surface area contributed by atoms with Crippen molar-refractivity contribution in [2.75, 3.05) is 0 Å². The van der Waals surface area contributed by atoms with Gasteiger partial charge in [-0.25, -0.2) is 4.79 Å². The van der Waals surface area contributed by atoms with Crippen LogP contribution in [-0.2, 0) is 14.3 Å². The summed E-state index contributed by atoms with van der Waals surface area (Å²) in [6, 6.07) is 3.95. The second-order valence-electron chi connectivity index (χ2n) is 10.9. The summed E-state index contributed by atoms with van der Waals surface area (Å²) in [4.78, 5) is 41.2. The molecule has 7 nitrogen and oxygen atoms in total. The highest BCUT2D eigenvalue weighted by Gasteiger charge is 2.38. The van der Waals surface area contributed by atoms with Gasteiger partial charge in [0.2, 0.25) is 11.8 Å². The second-order valence-corrected chi connectivity index (χ2v) is 10.9. The first-order valence-corrected chi connectivity index (χ1v) is 11.7. The summed E-state index contributed by atoms with van der Waals surface area (Å²) >= 11 is 0. The summed E-state index contributed by atoms with van der Waals surface area (Å²) in [6.07, 6.45) is -0.0235. The zero-order valence-electron chi connectivity index (χ0n) is 22.3. The smallest absolute Gasteiger partial charge is 0.408 e. The zero-order valence-corrected chi connectivity index (χ0v) is 22.3. The Morgan fingerprint density at radius 1 is 1.03 bits per heavy atom. The molecule has 3 amide bonds. The monoisotopic (exact) mass is 461 g/mol. The minimum atomic E-state index is -0.871. The van der Waals surface area contributed by atoms with E-state index < -0.39 is 29.3 Å². The Bertz CT molecular complexity index is 852. The number of amides is 3. The van der Waals surface area contributed by atoms with Gasteiger partial charge in [0.15, 0.2) is 0 Å². The van der Waals surface area contributed by atoms with Crippen molar-refractivity contribution in [2.45, 2.75) is 112 Å². The van der Waals surface area contributed by atoms with Crippen LogP contribution < -0.4 is 10.6 Å². The van der Waals surface area contributed by atoms with Crippen molar-refractivity contribution in [3.63, 3.8) is 0 Å². The lowest BCUT2D eigenvalue weighted by Gasteiger charge is -2.39. The largest absolute Gasteiger partial charge is 0.444 e. The number of rotatable bonds is 7. The van der Waals surface area contributed by atoms with Gasteiger partial charge < -0.3 is 20.3 Å². The van der Waals surface area contributed by atoms with Crippen LogP contribution in [-0.4, -0.2) is 46.0 Å². The first-order chi connectivity index (χ1) is 15.0. The number of alkyl carbamates (subject to hydrolysis) is 1. The zero-order chi connectivity index (χ0) is 25.7. The number of ether oxygens (including phenoxy) is 1. The molecule has 0 radical (unpaired) electrons. The van der Waals surface area contributed by atoms with Gasteiger partial charge in [0.25, 0.3) is 0 Å². The van der Waals surface area contributed by atoms with Gasteiger partial charge in [-0.05, 0) is 86.8 Å². The van der Waals surface area contributed by atoms with E-state index >= 15 is 0 Å². The van der Waals surface area contributed by atoms with Gasteiger partial charge >= 0.3 is 6.09 Å². The van der Waals surface area contributed by atoms with Crippen molar-refractivity contribution in [1.29, 1.82) is 0 Å². The minimum Gasteiger partial charge on any atom is -0.444 e. The van der Waals surface area contributed by atoms with Crippen LogP contribution in [0.4, 0.5) is 4.79 Å². The van der Waals surface area contributed by atoms with Gasteiger partial charge in [0, 0.05) is 11.6 Å². The van der Waals surface area contributed by atoms with Gasteiger partial charge in [0.05, 0.1) is 0 Å². The molecule has 186 valence electrons. The Kier molecular flexibility index (Phi) is 9.52. The molecule has 0 fully saturated rings. The normalized spacial score (nSPS) is 14.6. The maximum absolute atomic E-state index is 13.7. The Labute approximate surface area is 199 Å². The van der Waals surface area contributed by atoms with Crippen LogP contribution in [0.5, 0.6) is 0 Å². The minimum absolute atomic E-state index is 0.240. The molecule has 1 aromatic carbocycles. The van der Waals surface area contributed by atoms with Gasteiger partial charge in [0.1, 0.15) is 17.7 Å². The molecule has 0 saturated heterocycles. The number of hydrogen-bond acceptors (Lipinski definition) is 4. The number of nitrogens with one attached hydrogen (secondary N) is 2. The summed E-state index contributed by atoms with van der Waals surface area (Å²) in [5.74, 6) is -0.598. The Hall–Kier alpha value is -2.57. The van der Waals surface area contributed by atoms with E-state index in [1.165, 1.54) is 0 Å². The molecule has 0 bridgehead atoms. The van der Waals surface area contributed by atoms with E-state index in [4.69, 9.17) is 4.74 Å². The van der Waals surface area contributed by atoms with E-state index in [0.717, 1.165) is 16.7 Å². The summed E-state index contributed by atoms with van der Waals surface area (Å²) in [5.41, 5.74) is 1.54. The number of carbonyl (C=O) groups excluding carboxylic acids is 3. The van der Waals surface area contributed by atoms with Crippen molar-refractivity contribution in [3.05, 3.63) is 34.9 Å². The molecule has 0 aliphatic carbocycles. The molecule has 2 N–H and O–H groups in total. The molecule has 1 rings (SSSR count). The van der Waals surface area contributed by atoms with Gasteiger partial charge in [-0.1, -0.05) is 30.7 Å². The van der Waals surface area contributed by atoms with E-state index in [1.54, 1.807) is 32.6 Å². The topological polar surface area (TPSA) is 87.7 Å². The number of hydrogen-bond donors (Lipinski definition) is 2. The first kappa shape index (κ1) is 28.5. The number of nitrogens with zero attached hydrogens (tertiary/aromatic N) is 1. The summed E-state index contributed by atoms with van der Waals surface area (Å²) < 4.78 is 5.32. The molecule has 0 aliphatic heterocycles. The van der Waals surface area contributed by atoms with Crippen LogP contribution in [0.3, 0.4) is 0 Å². The molecule has 33 heavy (non-hydrogen) atoms. The molecular weight excluding hydrogens is 418 g/mol. The maximum atomic E-state index is 13.7. The number of aryl methyl sites for hydroxylation is 2. The second kappa shape index (κ2) is 11.0. The summed E-state index contributed by atoms with van der Waals surface area (Å²) in [7, 11) is 0. The highest BCUT2D eigenvalue weighted by Crippen LogP contribution is 2.30.